The van der Waals surface area contributed by atoms with Crippen LogP contribution in [0.5, 0.6) is 0 Å². The maximum absolute atomic E-state index is 12.1. The quantitative estimate of drug-likeness (QED) is 0.643. The van der Waals surface area contributed by atoms with Crippen LogP contribution < -0.4 is 10.2 Å². The van der Waals surface area contributed by atoms with Gasteiger partial charge in [0.25, 0.3) is 0 Å². The topological polar surface area (TPSA) is 91.1 Å². The van der Waals surface area contributed by atoms with Gasteiger partial charge in [0, 0.05) is 37.8 Å². The number of hydrogen-bond donors (Lipinski definition) is 1. The summed E-state index contributed by atoms with van der Waals surface area (Å²) < 4.78 is 5.43. The van der Waals surface area contributed by atoms with Crippen LogP contribution in [0.1, 0.15) is 37.4 Å². The second kappa shape index (κ2) is 10.8. The Morgan fingerprint density at radius 1 is 1.24 bits per heavy atom. The molecule has 34 heavy (non-hydrogen) atoms. The Labute approximate surface area is 200 Å². The molecule has 1 saturated heterocycles. The van der Waals surface area contributed by atoms with Crippen molar-refractivity contribution in [1.29, 1.82) is 5.26 Å². The molecule has 7 nitrogen and oxygen atoms in total. The number of carbonyl (C=O) groups is 1. The molecule has 1 aromatic carbocycles. The van der Waals surface area contributed by atoms with E-state index in [4.69, 9.17) is 9.72 Å². The molecule has 4 rings (SSSR count). The zero-order valence-corrected chi connectivity index (χ0v) is 19.5. The van der Waals surface area contributed by atoms with Crippen LogP contribution in [0, 0.1) is 23.3 Å². The molecule has 1 N–H and O–H groups in total. The third-order valence-electron chi connectivity index (χ3n) is 5.60. The van der Waals surface area contributed by atoms with Gasteiger partial charge < -0.3 is 9.64 Å². The van der Waals surface area contributed by atoms with Crippen LogP contribution in [0.25, 0.3) is 5.57 Å². The van der Waals surface area contributed by atoms with Gasteiger partial charge in [0.05, 0.1) is 25.4 Å². The molecule has 0 saturated carbocycles. The van der Waals surface area contributed by atoms with E-state index in [9.17, 15) is 10.1 Å². The minimum atomic E-state index is -0.125. The summed E-state index contributed by atoms with van der Waals surface area (Å²) in [7, 11) is 0. The number of allylic oxidation sites excluding steroid dienone is 5. The minimum absolute atomic E-state index is 0.125. The molecule has 1 aliphatic carbocycles. The van der Waals surface area contributed by atoms with E-state index in [-0.39, 0.29) is 11.8 Å². The Hall–Kier alpha value is -3.85. The zero-order chi connectivity index (χ0) is 23.9. The number of rotatable bonds is 7. The highest BCUT2D eigenvalue weighted by Gasteiger charge is 2.23. The van der Waals surface area contributed by atoms with Crippen molar-refractivity contribution >= 4 is 17.2 Å². The highest BCUT2D eigenvalue weighted by atomic mass is 16.5. The van der Waals surface area contributed by atoms with E-state index in [1.54, 1.807) is 18.3 Å². The van der Waals surface area contributed by atoms with Crippen LogP contribution in [0.2, 0.25) is 0 Å². The van der Waals surface area contributed by atoms with Crippen LogP contribution in [-0.4, -0.2) is 42.2 Å². The summed E-state index contributed by atoms with van der Waals surface area (Å²) in [5.41, 5.74) is 4.54. The summed E-state index contributed by atoms with van der Waals surface area (Å²) in [6.45, 7) is 7.29. The van der Waals surface area contributed by atoms with Gasteiger partial charge in [-0.3, -0.25) is 10.1 Å². The van der Waals surface area contributed by atoms with Crippen LogP contribution in [0.15, 0.2) is 60.0 Å². The van der Waals surface area contributed by atoms with Gasteiger partial charge in [0.15, 0.2) is 11.6 Å². The van der Waals surface area contributed by atoms with Crippen molar-refractivity contribution in [2.75, 3.05) is 31.2 Å². The standard InChI is InChI=1S/C27H27N5O2/c1-19(2)15-27(33)31-24-8-5-21(17-22(24)18-28)25-9-10-29-26(30-25)16-20-3-6-23(7-4-20)32-11-13-34-14-12-32/h3-7,9-10,17,19H,11-16H2,1-2H3/p+1. The summed E-state index contributed by atoms with van der Waals surface area (Å²) in [6.07, 6.45) is 9.23. The van der Waals surface area contributed by atoms with Gasteiger partial charge in [0.1, 0.15) is 23.2 Å². The van der Waals surface area contributed by atoms with E-state index < -0.39 is 0 Å². The highest BCUT2D eigenvalue weighted by molar-refractivity contribution is 5.82. The van der Waals surface area contributed by atoms with Crippen molar-refractivity contribution < 1.29 is 9.53 Å². The van der Waals surface area contributed by atoms with Crippen molar-refractivity contribution in [3.05, 3.63) is 83.1 Å². The fourth-order valence-corrected chi connectivity index (χ4v) is 3.87. The number of nitriles is 1. The third kappa shape index (κ3) is 5.93. The number of aromatic nitrogens is 2. The van der Waals surface area contributed by atoms with Gasteiger partial charge in [-0.2, -0.15) is 5.26 Å². The monoisotopic (exact) mass is 454 g/mol. The molecule has 1 fully saturated rings. The number of benzene rings is 1. The molecule has 1 amide bonds. The van der Waals surface area contributed by atoms with Crippen molar-refractivity contribution in [3.63, 3.8) is 0 Å². The SMILES string of the molecule is CC(C)CC(=O)NC1=C(C#N)C=C(c2ccnc(Cc3ccc(N4CCOCC4)cc3)n2)C=[C+]1. The van der Waals surface area contributed by atoms with Gasteiger partial charge in [-0.15, -0.1) is 0 Å². The second-order valence-electron chi connectivity index (χ2n) is 8.74. The second-order valence-corrected chi connectivity index (χ2v) is 8.74. The fraction of sp³-hybridized carbons (Fsp3) is 0.333. The lowest BCUT2D eigenvalue weighted by Gasteiger charge is -2.28. The predicted molar refractivity (Wildman–Crippen MR) is 130 cm³/mol. The first kappa shape index (κ1) is 23.3. The summed E-state index contributed by atoms with van der Waals surface area (Å²) in [5.74, 6) is 0.809. The summed E-state index contributed by atoms with van der Waals surface area (Å²) in [5, 5.41) is 12.4. The number of morpholine rings is 1. The molecular weight excluding hydrogens is 426 g/mol. The lowest BCUT2D eigenvalue weighted by Crippen LogP contribution is -2.36. The van der Waals surface area contributed by atoms with E-state index in [0.717, 1.165) is 37.4 Å². The molecule has 0 bridgehead atoms. The average Bonchev–Trinajstić information content (AvgIpc) is 2.85. The number of ether oxygens (including phenoxy) is 1. The normalized spacial score (nSPS) is 15.6. The molecular formula is C27H28N5O2+. The maximum Gasteiger partial charge on any atom is 0.228 e. The lowest BCUT2D eigenvalue weighted by atomic mass is 10.0. The molecule has 0 atom stereocenters. The van der Waals surface area contributed by atoms with Gasteiger partial charge in [0.2, 0.25) is 11.6 Å². The smallest absolute Gasteiger partial charge is 0.228 e. The van der Waals surface area contributed by atoms with Crippen LogP contribution in [0.3, 0.4) is 0 Å². The Balaban J connectivity index is 1.46. The molecule has 1 aromatic heterocycles. The van der Waals surface area contributed by atoms with Gasteiger partial charge in [-0.05, 0) is 29.7 Å². The molecule has 2 heterocycles. The molecule has 1 aliphatic heterocycles. The largest absolute Gasteiger partial charge is 0.378 e. The Bertz CT molecular complexity index is 1170. The summed E-state index contributed by atoms with van der Waals surface area (Å²) >= 11 is 0. The zero-order valence-electron chi connectivity index (χ0n) is 19.5. The summed E-state index contributed by atoms with van der Waals surface area (Å²) in [6, 6.07) is 12.4. The first-order chi connectivity index (χ1) is 16.5. The maximum atomic E-state index is 12.1. The van der Waals surface area contributed by atoms with Crippen molar-refractivity contribution in [1.82, 2.24) is 15.3 Å². The highest BCUT2D eigenvalue weighted by Crippen LogP contribution is 2.23. The van der Waals surface area contributed by atoms with Gasteiger partial charge in [-0.1, -0.05) is 26.0 Å². The van der Waals surface area contributed by atoms with Crippen LogP contribution in [0.4, 0.5) is 5.69 Å². The Morgan fingerprint density at radius 2 is 2.00 bits per heavy atom. The molecule has 0 unspecified atom stereocenters. The molecule has 0 radical (unpaired) electrons. The van der Waals surface area contributed by atoms with Gasteiger partial charge in [-0.25, -0.2) is 9.97 Å². The molecule has 0 spiro atoms. The molecule has 7 heteroatoms. The van der Waals surface area contributed by atoms with E-state index in [1.807, 2.05) is 19.9 Å². The van der Waals surface area contributed by atoms with Crippen LogP contribution in [-0.2, 0) is 16.0 Å². The van der Waals surface area contributed by atoms with Crippen molar-refractivity contribution in [2.24, 2.45) is 5.92 Å². The van der Waals surface area contributed by atoms with Crippen molar-refractivity contribution in [2.45, 2.75) is 26.7 Å². The van der Waals surface area contributed by atoms with Crippen molar-refractivity contribution in [3.8, 4) is 6.07 Å². The van der Waals surface area contributed by atoms with Crippen LogP contribution >= 0.6 is 0 Å². The lowest BCUT2D eigenvalue weighted by molar-refractivity contribution is -0.121. The molecule has 2 aromatic rings. The van der Waals surface area contributed by atoms with E-state index in [1.165, 1.54) is 5.69 Å². The average molecular weight is 455 g/mol. The summed E-state index contributed by atoms with van der Waals surface area (Å²) in [4.78, 5) is 23.6. The number of hydrogen-bond acceptors (Lipinski definition) is 6. The van der Waals surface area contributed by atoms with E-state index >= 15 is 0 Å². The fourth-order valence-electron chi connectivity index (χ4n) is 3.87. The first-order valence-electron chi connectivity index (χ1n) is 11.5. The number of nitrogens with one attached hydrogen (secondary N) is 1. The first-order valence-corrected chi connectivity index (χ1v) is 11.5. The number of amides is 1. The minimum Gasteiger partial charge on any atom is -0.378 e. The third-order valence-corrected chi connectivity index (χ3v) is 5.60. The number of nitrogens with zero attached hydrogens (tertiary/aromatic N) is 4. The van der Waals surface area contributed by atoms with Gasteiger partial charge >= 0.3 is 0 Å². The van der Waals surface area contributed by atoms with E-state index in [0.29, 0.717) is 35.6 Å². The number of anilines is 1. The van der Waals surface area contributed by atoms with E-state index in [2.05, 4.69) is 51.6 Å². The Morgan fingerprint density at radius 3 is 2.71 bits per heavy atom. The Kier molecular flexibility index (Phi) is 7.44. The molecule has 2 aliphatic rings. The molecule has 172 valence electrons. The predicted octanol–water partition coefficient (Wildman–Crippen LogP) is 3.60. The number of carbonyl (C=O) groups excluding carboxylic acids is 1.